The summed E-state index contributed by atoms with van der Waals surface area (Å²) in [5.74, 6) is 6.21. The lowest BCUT2D eigenvalue weighted by Crippen LogP contribution is -2.32. The summed E-state index contributed by atoms with van der Waals surface area (Å²) in [6.07, 6.45) is 0.517. The maximum atomic E-state index is 8.66. The Balaban J connectivity index is 2.44. The normalized spacial score (nSPS) is 11.3. The summed E-state index contributed by atoms with van der Waals surface area (Å²) >= 11 is 0. The van der Waals surface area contributed by atoms with E-state index in [9.17, 15) is 0 Å². The molecule has 0 aliphatic carbocycles. The van der Waals surface area contributed by atoms with Gasteiger partial charge < -0.3 is 9.84 Å². The van der Waals surface area contributed by atoms with Crippen molar-refractivity contribution in [2.45, 2.75) is 19.4 Å². The summed E-state index contributed by atoms with van der Waals surface area (Å²) in [6, 6.07) is 9.86. The zero-order valence-electron chi connectivity index (χ0n) is 12.0. The van der Waals surface area contributed by atoms with Gasteiger partial charge in [0, 0.05) is 18.2 Å². The molecule has 0 bridgehead atoms. The molecule has 1 rings (SSSR count). The third-order valence-electron chi connectivity index (χ3n) is 3.00. The van der Waals surface area contributed by atoms with Crippen molar-refractivity contribution in [3.8, 4) is 23.7 Å². The lowest BCUT2D eigenvalue weighted by molar-refractivity contribution is 0.201. The average molecular weight is 272 g/mol. The van der Waals surface area contributed by atoms with Gasteiger partial charge >= 0.3 is 0 Å². The summed E-state index contributed by atoms with van der Waals surface area (Å²) in [7, 11) is 1.98. The van der Waals surface area contributed by atoms with Gasteiger partial charge in [0.15, 0.2) is 0 Å². The van der Waals surface area contributed by atoms with Gasteiger partial charge in [0.1, 0.15) is 19.0 Å². The minimum atomic E-state index is -0.146. The summed E-state index contributed by atoms with van der Waals surface area (Å²) in [6.45, 7) is 3.19. The molecule has 1 aromatic carbocycles. The third-order valence-corrected chi connectivity index (χ3v) is 3.00. The second-order valence-corrected chi connectivity index (χ2v) is 4.53. The van der Waals surface area contributed by atoms with Gasteiger partial charge in [0.05, 0.1) is 12.5 Å². The van der Waals surface area contributed by atoms with Crippen molar-refractivity contribution in [1.82, 2.24) is 4.90 Å². The van der Waals surface area contributed by atoms with E-state index in [-0.39, 0.29) is 12.6 Å². The fourth-order valence-electron chi connectivity index (χ4n) is 1.62. The quantitative estimate of drug-likeness (QED) is 0.800. The van der Waals surface area contributed by atoms with Crippen LogP contribution in [0.5, 0.6) is 5.75 Å². The first kappa shape index (κ1) is 16.0. The van der Waals surface area contributed by atoms with E-state index < -0.39 is 0 Å². The number of rotatable bonds is 6. The molecule has 1 atom stereocenters. The highest BCUT2D eigenvalue weighted by atomic mass is 16.5. The molecule has 0 fully saturated rings. The van der Waals surface area contributed by atoms with Gasteiger partial charge in [-0.3, -0.25) is 4.90 Å². The summed E-state index contributed by atoms with van der Waals surface area (Å²) in [4.78, 5) is 2.10. The molecule has 0 saturated heterocycles. The number of hydrogen-bond acceptors (Lipinski definition) is 4. The van der Waals surface area contributed by atoms with E-state index in [2.05, 4.69) is 22.8 Å². The molecule has 0 saturated carbocycles. The topological polar surface area (TPSA) is 56.5 Å². The minimum absolute atomic E-state index is 0.146. The van der Waals surface area contributed by atoms with Crippen molar-refractivity contribution in [3.63, 3.8) is 0 Å². The van der Waals surface area contributed by atoms with Crippen LogP contribution in [0.3, 0.4) is 0 Å². The Kier molecular flexibility index (Phi) is 7.21. The van der Waals surface area contributed by atoms with Crippen molar-refractivity contribution < 1.29 is 9.84 Å². The molecule has 0 aliphatic heterocycles. The van der Waals surface area contributed by atoms with Gasteiger partial charge in [-0.2, -0.15) is 5.26 Å². The molecule has 4 heteroatoms. The van der Waals surface area contributed by atoms with Crippen LogP contribution in [-0.4, -0.2) is 42.9 Å². The first-order valence-corrected chi connectivity index (χ1v) is 6.57. The smallest absolute Gasteiger partial charge is 0.120 e. The monoisotopic (exact) mass is 272 g/mol. The standard InChI is InChI=1S/C16H20N2O2/c1-14(8-9-17)18(2)10-12-20-16-7-3-5-15(13-16)6-4-11-19/h3,5,7,13-14,19H,8,10-12H2,1-2H3. The van der Waals surface area contributed by atoms with Crippen LogP contribution in [0.4, 0.5) is 0 Å². The SMILES string of the molecule is CC(CC#N)N(C)CCOc1cccc(C#CCO)c1. The first-order chi connectivity index (χ1) is 9.67. The summed E-state index contributed by atoms with van der Waals surface area (Å²) in [5.41, 5.74) is 0.822. The van der Waals surface area contributed by atoms with Crippen LogP contribution < -0.4 is 4.74 Å². The number of aliphatic hydroxyl groups excluding tert-OH is 1. The second kappa shape index (κ2) is 8.98. The van der Waals surface area contributed by atoms with Crippen molar-refractivity contribution >= 4 is 0 Å². The maximum Gasteiger partial charge on any atom is 0.120 e. The lowest BCUT2D eigenvalue weighted by Gasteiger charge is -2.22. The molecule has 4 nitrogen and oxygen atoms in total. The van der Waals surface area contributed by atoms with Crippen LogP contribution in [0.25, 0.3) is 0 Å². The molecular weight excluding hydrogens is 252 g/mol. The van der Waals surface area contributed by atoms with Gasteiger partial charge in [0.25, 0.3) is 0 Å². The Morgan fingerprint density at radius 1 is 1.45 bits per heavy atom. The molecule has 0 spiro atoms. The molecule has 0 aromatic heterocycles. The fraction of sp³-hybridized carbons (Fsp3) is 0.438. The lowest BCUT2D eigenvalue weighted by atomic mass is 10.2. The molecular formula is C16H20N2O2. The zero-order valence-corrected chi connectivity index (χ0v) is 12.0. The Morgan fingerprint density at radius 3 is 2.95 bits per heavy atom. The van der Waals surface area contributed by atoms with E-state index in [0.717, 1.165) is 17.9 Å². The predicted octanol–water partition coefficient (Wildman–Crippen LogP) is 1.64. The van der Waals surface area contributed by atoms with Crippen LogP contribution >= 0.6 is 0 Å². The highest BCUT2D eigenvalue weighted by Gasteiger charge is 2.08. The molecule has 1 aromatic rings. The van der Waals surface area contributed by atoms with E-state index in [1.807, 2.05) is 38.2 Å². The Hall–Kier alpha value is -2.01. The van der Waals surface area contributed by atoms with Crippen LogP contribution in [0, 0.1) is 23.2 Å². The molecule has 1 unspecified atom stereocenters. The third kappa shape index (κ3) is 5.75. The fourth-order valence-corrected chi connectivity index (χ4v) is 1.62. The van der Waals surface area contributed by atoms with E-state index in [1.54, 1.807) is 0 Å². The van der Waals surface area contributed by atoms with E-state index >= 15 is 0 Å². The van der Waals surface area contributed by atoms with Gasteiger partial charge in [-0.25, -0.2) is 0 Å². The number of benzene rings is 1. The van der Waals surface area contributed by atoms with Crippen molar-refractivity contribution in [2.24, 2.45) is 0 Å². The molecule has 20 heavy (non-hydrogen) atoms. The molecule has 106 valence electrons. The molecule has 0 heterocycles. The van der Waals surface area contributed by atoms with Gasteiger partial charge in [-0.1, -0.05) is 17.9 Å². The van der Waals surface area contributed by atoms with Gasteiger partial charge in [-0.15, -0.1) is 0 Å². The zero-order chi connectivity index (χ0) is 14.8. The van der Waals surface area contributed by atoms with E-state index in [4.69, 9.17) is 15.1 Å². The Labute approximate surface area is 120 Å². The number of ether oxygens (including phenoxy) is 1. The molecule has 0 amide bonds. The second-order valence-electron chi connectivity index (χ2n) is 4.53. The maximum absolute atomic E-state index is 8.66. The van der Waals surface area contributed by atoms with E-state index in [1.165, 1.54) is 0 Å². The molecule has 0 radical (unpaired) electrons. The number of hydrogen-bond donors (Lipinski definition) is 1. The summed E-state index contributed by atoms with van der Waals surface area (Å²) in [5, 5.41) is 17.3. The van der Waals surface area contributed by atoms with Crippen molar-refractivity contribution in [2.75, 3.05) is 26.8 Å². The van der Waals surface area contributed by atoms with E-state index in [0.29, 0.717) is 13.0 Å². The number of nitrogens with zero attached hydrogens (tertiary/aromatic N) is 2. The van der Waals surface area contributed by atoms with Crippen molar-refractivity contribution in [1.29, 1.82) is 5.26 Å². The summed E-state index contributed by atoms with van der Waals surface area (Å²) < 4.78 is 5.67. The van der Waals surface area contributed by atoms with Crippen LogP contribution in [0.15, 0.2) is 24.3 Å². The van der Waals surface area contributed by atoms with Crippen LogP contribution in [0.1, 0.15) is 18.9 Å². The first-order valence-electron chi connectivity index (χ1n) is 6.57. The number of likely N-dealkylation sites (N-methyl/N-ethyl adjacent to an activating group) is 1. The highest BCUT2D eigenvalue weighted by molar-refractivity contribution is 5.39. The van der Waals surface area contributed by atoms with Crippen LogP contribution in [-0.2, 0) is 0 Å². The number of aliphatic hydroxyl groups is 1. The largest absolute Gasteiger partial charge is 0.492 e. The van der Waals surface area contributed by atoms with Crippen LogP contribution in [0.2, 0.25) is 0 Å². The number of nitriles is 1. The average Bonchev–Trinajstić information content (AvgIpc) is 2.45. The Morgan fingerprint density at radius 2 is 2.25 bits per heavy atom. The van der Waals surface area contributed by atoms with Gasteiger partial charge in [-0.05, 0) is 32.2 Å². The molecule has 1 N–H and O–H groups in total. The van der Waals surface area contributed by atoms with Gasteiger partial charge in [0.2, 0.25) is 0 Å². The predicted molar refractivity (Wildman–Crippen MR) is 78.2 cm³/mol. The Bertz CT molecular complexity index is 511. The molecule has 0 aliphatic rings. The highest BCUT2D eigenvalue weighted by Crippen LogP contribution is 2.12. The minimum Gasteiger partial charge on any atom is -0.492 e. The van der Waals surface area contributed by atoms with Crippen molar-refractivity contribution in [3.05, 3.63) is 29.8 Å².